The fraction of sp³-hybridized carbons (Fsp3) is 0.571. The Morgan fingerprint density at radius 2 is 2.33 bits per heavy atom. The van der Waals surface area contributed by atoms with Gasteiger partial charge in [0.1, 0.15) is 6.61 Å². The van der Waals surface area contributed by atoms with Crippen molar-refractivity contribution in [3.8, 4) is 0 Å². The molecule has 2 aliphatic carbocycles. The normalized spacial score (nSPS) is 28.2. The number of rotatable bonds is 5. The summed E-state index contributed by atoms with van der Waals surface area (Å²) in [7, 11) is 0. The van der Waals surface area contributed by atoms with Gasteiger partial charge in [-0.15, -0.1) is 0 Å². The maximum absolute atomic E-state index is 12.1. The molecular formula is C14H19NO3. The summed E-state index contributed by atoms with van der Waals surface area (Å²) in [5.41, 5.74) is 0.0838. The molecule has 0 heterocycles. The van der Waals surface area contributed by atoms with Crippen LogP contribution in [0.25, 0.3) is 0 Å². The maximum atomic E-state index is 12.1. The Balaban J connectivity index is 1.71. The van der Waals surface area contributed by atoms with Crippen LogP contribution in [0.15, 0.2) is 24.3 Å². The highest BCUT2D eigenvalue weighted by atomic mass is 16.5. The standard InChI is InChI=1S/C14H19NO3/c1-10(2)12(16)18-8-7-15-13(17)14-5-3-11(9-14)4-6-14/h3,5,11H,1,4,6-9H2,2H3,(H,15,17). The molecular weight excluding hydrogens is 230 g/mol. The SMILES string of the molecule is C=C(C)C(=O)OCCNC(=O)C12C=CC(CC1)C2. The quantitative estimate of drug-likeness (QED) is 0.348. The third-order valence-electron chi connectivity index (χ3n) is 3.70. The Morgan fingerprint density at radius 1 is 1.56 bits per heavy atom. The molecule has 0 aromatic heterocycles. The second-order valence-corrected chi connectivity index (χ2v) is 5.19. The smallest absolute Gasteiger partial charge is 0.333 e. The van der Waals surface area contributed by atoms with E-state index in [1.165, 1.54) is 0 Å². The lowest BCUT2D eigenvalue weighted by Crippen LogP contribution is -2.39. The molecule has 0 aromatic rings. The van der Waals surface area contributed by atoms with Gasteiger partial charge in [-0.25, -0.2) is 4.79 Å². The van der Waals surface area contributed by atoms with Crippen LogP contribution >= 0.6 is 0 Å². The largest absolute Gasteiger partial charge is 0.460 e. The average Bonchev–Trinajstić information content (AvgIpc) is 2.95. The summed E-state index contributed by atoms with van der Waals surface area (Å²) in [6.07, 6.45) is 7.16. The van der Waals surface area contributed by atoms with E-state index < -0.39 is 5.97 Å². The number of esters is 1. The molecule has 0 aliphatic heterocycles. The second kappa shape index (κ2) is 4.96. The van der Waals surface area contributed by atoms with Crippen molar-refractivity contribution in [2.75, 3.05) is 13.2 Å². The van der Waals surface area contributed by atoms with Crippen LogP contribution in [0.2, 0.25) is 0 Å². The first-order valence-corrected chi connectivity index (χ1v) is 6.34. The summed E-state index contributed by atoms with van der Waals surface area (Å²) in [5, 5.41) is 2.84. The van der Waals surface area contributed by atoms with Crippen molar-refractivity contribution in [3.05, 3.63) is 24.3 Å². The Morgan fingerprint density at radius 3 is 2.83 bits per heavy atom. The molecule has 2 unspecified atom stereocenters. The van der Waals surface area contributed by atoms with Gasteiger partial charge in [-0.1, -0.05) is 18.7 Å². The molecule has 4 heteroatoms. The Labute approximate surface area is 107 Å². The van der Waals surface area contributed by atoms with E-state index in [0.29, 0.717) is 18.0 Å². The Hall–Kier alpha value is -1.58. The number of amides is 1. The van der Waals surface area contributed by atoms with Gasteiger partial charge >= 0.3 is 5.97 Å². The van der Waals surface area contributed by atoms with Crippen molar-refractivity contribution in [2.45, 2.75) is 26.2 Å². The van der Waals surface area contributed by atoms with Gasteiger partial charge in [-0.3, -0.25) is 4.79 Å². The molecule has 2 atom stereocenters. The molecule has 2 aliphatic rings. The van der Waals surface area contributed by atoms with Crippen LogP contribution in [0.5, 0.6) is 0 Å². The summed E-state index contributed by atoms with van der Waals surface area (Å²) in [5.74, 6) is 0.228. The molecule has 2 rings (SSSR count). The predicted octanol–water partition coefficient (Wildman–Crippen LogP) is 1.58. The van der Waals surface area contributed by atoms with Gasteiger partial charge in [0.2, 0.25) is 5.91 Å². The minimum atomic E-state index is -0.413. The van der Waals surface area contributed by atoms with Crippen LogP contribution in [0.3, 0.4) is 0 Å². The first-order valence-electron chi connectivity index (χ1n) is 6.34. The van der Waals surface area contributed by atoms with E-state index in [9.17, 15) is 9.59 Å². The first kappa shape index (κ1) is 12.9. The molecule has 0 saturated heterocycles. The molecule has 1 saturated carbocycles. The summed E-state index contributed by atoms with van der Waals surface area (Å²) in [6.45, 7) is 5.64. The van der Waals surface area contributed by atoms with Crippen LogP contribution in [-0.4, -0.2) is 25.0 Å². The number of allylic oxidation sites excluding steroid dienone is 1. The van der Waals surface area contributed by atoms with Gasteiger partial charge in [0.25, 0.3) is 0 Å². The average molecular weight is 249 g/mol. The molecule has 1 N–H and O–H groups in total. The van der Waals surface area contributed by atoms with E-state index >= 15 is 0 Å². The van der Waals surface area contributed by atoms with Crippen molar-refractivity contribution in [1.82, 2.24) is 5.32 Å². The zero-order valence-corrected chi connectivity index (χ0v) is 10.7. The number of ether oxygens (including phenoxy) is 1. The number of fused-ring (bicyclic) bond motifs is 2. The molecule has 98 valence electrons. The Kier molecular flexibility index (Phi) is 3.55. The molecule has 0 spiro atoms. The van der Waals surface area contributed by atoms with Gasteiger partial charge in [0.15, 0.2) is 0 Å². The number of hydrogen-bond donors (Lipinski definition) is 1. The molecule has 1 fully saturated rings. The number of carbonyl (C=O) groups is 2. The summed E-state index contributed by atoms with van der Waals surface area (Å²) < 4.78 is 4.92. The fourth-order valence-electron chi connectivity index (χ4n) is 2.64. The van der Waals surface area contributed by atoms with Gasteiger partial charge < -0.3 is 10.1 Å². The van der Waals surface area contributed by atoms with Gasteiger partial charge in [0, 0.05) is 5.57 Å². The van der Waals surface area contributed by atoms with E-state index in [-0.39, 0.29) is 17.9 Å². The highest BCUT2D eigenvalue weighted by Crippen LogP contribution is 2.49. The predicted molar refractivity (Wildman–Crippen MR) is 67.7 cm³/mol. The monoisotopic (exact) mass is 249 g/mol. The van der Waals surface area contributed by atoms with Crippen LogP contribution in [0.4, 0.5) is 0 Å². The van der Waals surface area contributed by atoms with Crippen molar-refractivity contribution >= 4 is 11.9 Å². The Bertz CT molecular complexity index is 413. The lowest BCUT2D eigenvalue weighted by Gasteiger charge is -2.22. The van der Waals surface area contributed by atoms with Crippen molar-refractivity contribution in [3.63, 3.8) is 0 Å². The minimum absolute atomic E-state index is 0.0603. The second-order valence-electron chi connectivity index (χ2n) is 5.19. The van der Waals surface area contributed by atoms with E-state index in [1.54, 1.807) is 6.92 Å². The fourth-order valence-corrected chi connectivity index (χ4v) is 2.64. The van der Waals surface area contributed by atoms with Gasteiger partial charge in [0.05, 0.1) is 12.0 Å². The van der Waals surface area contributed by atoms with Gasteiger partial charge in [-0.05, 0) is 32.1 Å². The molecule has 18 heavy (non-hydrogen) atoms. The molecule has 0 aromatic carbocycles. The van der Waals surface area contributed by atoms with Crippen LogP contribution < -0.4 is 5.32 Å². The zero-order chi connectivity index (χ0) is 13.2. The van der Waals surface area contributed by atoms with Crippen LogP contribution in [0, 0.1) is 11.3 Å². The van der Waals surface area contributed by atoms with Gasteiger partial charge in [-0.2, -0.15) is 0 Å². The highest BCUT2D eigenvalue weighted by molar-refractivity contribution is 5.87. The van der Waals surface area contributed by atoms with E-state index in [4.69, 9.17) is 4.74 Å². The highest BCUT2D eigenvalue weighted by Gasteiger charge is 2.46. The lowest BCUT2D eigenvalue weighted by atomic mass is 9.87. The third kappa shape index (κ3) is 2.47. The van der Waals surface area contributed by atoms with Crippen LogP contribution in [0.1, 0.15) is 26.2 Å². The van der Waals surface area contributed by atoms with E-state index in [0.717, 1.165) is 19.3 Å². The minimum Gasteiger partial charge on any atom is -0.460 e. The zero-order valence-electron chi connectivity index (χ0n) is 10.7. The lowest BCUT2D eigenvalue weighted by molar-refractivity contribution is -0.139. The topological polar surface area (TPSA) is 55.4 Å². The number of nitrogens with one attached hydrogen (secondary N) is 1. The van der Waals surface area contributed by atoms with Crippen molar-refractivity contribution in [2.24, 2.45) is 11.3 Å². The summed E-state index contributed by atoms with van der Waals surface area (Å²) >= 11 is 0. The van der Waals surface area contributed by atoms with Crippen LogP contribution in [-0.2, 0) is 14.3 Å². The number of hydrogen-bond acceptors (Lipinski definition) is 3. The van der Waals surface area contributed by atoms with Crippen molar-refractivity contribution < 1.29 is 14.3 Å². The van der Waals surface area contributed by atoms with E-state index in [1.807, 2.05) is 6.08 Å². The third-order valence-corrected chi connectivity index (χ3v) is 3.70. The first-order chi connectivity index (χ1) is 8.53. The molecule has 4 nitrogen and oxygen atoms in total. The maximum Gasteiger partial charge on any atom is 0.333 e. The molecule has 2 bridgehead atoms. The number of carbonyl (C=O) groups excluding carboxylic acids is 2. The summed E-state index contributed by atoms with van der Waals surface area (Å²) in [4.78, 5) is 23.2. The van der Waals surface area contributed by atoms with Crippen molar-refractivity contribution in [1.29, 1.82) is 0 Å². The summed E-state index contributed by atoms with van der Waals surface area (Å²) in [6, 6.07) is 0. The van der Waals surface area contributed by atoms with E-state index in [2.05, 4.69) is 18.0 Å². The molecule has 1 amide bonds. The molecule has 0 radical (unpaired) electrons.